The molecule has 1 aromatic heterocycles. The van der Waals surface area contributed by atoms with Crippen LogP contribution in [-0.4, -0.2) is 48.7 Å². The Morgan fingerprint density at radius 2 is 1.90 bits per heavy atom. The zero-order valence-electron chi connectivity index (χ0n) is 13.9. The maximum Gasteiger partial charge on any atom is 0.237 e. The molecular weight excluding hydrogens is 264 g/mol. The van der Waals surface area contributed by atoms with Crippen LogP contribution in [0, 0.1) is 5.92 Å². The molecule has 1 aliphatic carbocycles. The Morgan fingerprint density at radius 1 is 1.29 bits per heavy atom. The van der Waals surface area contributed by atoms with E-state index in [-0.39, 0.29) is 11.6 Å². The van der Waals surface area contributed by atoms with Gasteiger partial charge in [-0.25, -0.2) is 4.98 Å². The number of nitrogens with zero attached hydrogens (tertiary/aromatic N) is 3. The summed E-state index contributed by atoms with van der Waals surface area (Å²) in [6.07, 6.45) is 8.24. The molecule has 1 atom stereocenters. The third kappa shape index (κ3) is 3.04. The van der Waals surface area contributed by atoms with Gasteiger partial charge in [-0.15, -0.1) is 0 Å². The second-order valence-electron chi connectivity index (χ2n) is 6.35. The smallest absolute Gasteiger partial charge is 0.237 e. The van der Waals surface area contributed by atoms with Gasteiger partial charge in [-0.05, 0) is 52.7 Å². The molecule has 0 aliphatic heterocycles. The van der Waals surface area contributed by atoms with E-state index in [1.807, 2.05) is 7.05 Å². The Balaban J connectivity index is 2.41. The molecule has 0 radical (unpaired) electrons. The van der Waals surface area contributed by atoms with Crippen molar-refractivity contribution in [3.63, 3.8) is 0 Å². The Morgan fingerprint density at radius 3 is 2.43 bits per heavy atom. The number of nitrogens with one attached hydrogen (secondary N) is 1. The lowest BCUT2D eigenvalue weighted by atomic mass is 9.71. The van der Waals surface area contributed by atoms with Gasteiger partial charge in [0, 0.05) is 17.9 Å². The molecule has 0 spiro atoms. The highest BCUT2D eigenvalue weighted by atomic mass is 16.5. The van der Waals surface area contributed by atoms with Gasteiger partial charge in [0.05, 0.1) is 13.2 Å². The van der Waals surface area contributed by atoms with Gasteiger partial charge in [0.2, 0.25) is 5.88 Å². The van der Waals surface area contributed by atoms with Crippen molar-refractivity contribution in [2.75, 3.05) is 28.3 Å². The van der Waals surface area contributed by atoms with Crippen LogP contribution in [0.15, 0.2) is 12.4 Å². The third-order valence-corrected chi connectivity index (χ3v) is 5.01. The molecular formula is C16H28N4O. The van der Waals surface area contributed by atoms with Gasteiger partial charge in [-0.2, -0.15) is 0 Å². The zero-order valence-corrected chi connectivity index (χ0v) is 13.9. The van der Waals surface area contributed by atoms with Crippen molar-refractivity contribution in [2.45, 2.75) is 44.2 Å². The largest absolute Gasteiger partial charge is 0.480 e. The van der Waals surface area contributed by atoms with Crippen molar-refractivity contribution in [2.24, 2.45) is 5.92 Å². The lowest BCUT2D eigenvalue weighted by Gasteiger charge is -2.49. The summed E-state index contributed by atoms with van der Waals surface area (Å²) in [6.45, 7) is 2.34. The van der Waals surface area contributed by atoms with Gasteiger partial charge in [-0.1, -0.05) is 6.92 Å². The van der Waals surface area contributed by atoms with Crippen molar-refractivity contribution in [3.05, 3.63) is 18.1 Å². The molecule has 2 rings (SSSR count). The summed E-state index contributed by atoms with van der Waals surface area (Å²) in [7, 11) is 8.00. The highest BCUT2D eigenvalue weighted by Gasteiger charge is 2.45. The molecule has 1 aliphatic rings. The minimum Gasteiger partial charge on any atom is -0.480 e. The van der Waals surface area contributed by atoms with Gasteiger partial charge in [0.1, 0.15) is 5.69 Å². The van der Waals surface area contributed by atoms with Gasteiger partial charge in [-0.3, -0.25) is 4.98 Å². The standard InChI is InChI=1S/C16H28N4O/c1-12-6-8-16(9-7-12,20(3)4)14(17-2)13-15(21-5)19-11-10-18-13/h10-12,14,17H,6-9H2,1-5H3. The lowest BCUT2D eigenvalue weighted by Crippen LogP contribution is -2.55. The van der Waals surface area contributed by atoms with E-state index in [9.17, 15) is 0 Å². The average molecular weight is 292 g/mol. The molecule has 5 heteroatoms. The third-order valence-electron chi connectivity index (χ3n) is 5.01. The van der Waals surface area contributed by atoms with Crippen molar-refractivity contribution < 1.29 is 4.74 Å². The zero-order chi connectivity index (χ0) is 15.5. The lowest BCUT2D eigenvalue weighted by molar-refractivity contribution is 0.0429. The van der Waals surface area contributed by atoms with E-state index in [4.69, 9.17) is 4.74 Å². The van der Waals surface area contributed by atoms with Crippen LogP contribution in [0.4, 0.5) is 0 Å². The second-order valence-corrected chi connectivity index (χ2v) is 6.35. The number of methoxy groups -OCH3 is 1. The van der Waals surface area contributed by atoms with E-state index in [0.29, 0.717) is 5.88 Å². The summed E-state index contributed by atoms with van der Waals surface area (Å²) in [5.74, 6) is 1.43. The Hall–Kier alpha value is -1.20. The quantitative estimate of drug-likeness (QED) is 0.902. The van der Waals surface area contributed by atoms with Crippen LogP contribution >= 0.6 is 0 Å². The number of aromatic nitrogens is 2. The monoisotopic (exact) mass is 292 g/mol. The number of hydrogen-bond donors (Lipinski definition) is 1. The predicted octanol–water partition coefficient (Wildman–Crippen LogP) is 2.26. The SMILES string of the molecule is CNC(c1nccnc1OC)C1(N(C)C)CCC(C)CC1. The Bertz CT molecular complexity index is 455. The van der Waals surface area contributed by atoms with E-state index in [1.54, 1.807) is 19.5 Å². The Kier molecular flexibility index (Phi) is 5.17. The maximum absolute atomic E-state index is 5.43. The first-order valence-corrected chi connectivity index (χ1v) is 7.74. The van der Waals surface area contributed by atoms with Crippen LogP contribution in [0.2, 0.25) is 0 Å². The summed E-state index contributed by atoms with van der Waals surface area (Å²) < 4.78 is 5.43. The number of rotatable bonds is 5. The first-order valence-electron chi connectivity index (χ1n) is 7.74. The van der Waals surface area contributed by atoms with E-state index in [2.05, 4.69) is 41.2 Å². The van der Waals surface area contributed by atoms with Crippen LogP contribution < -0.4 is 10.1 Å². The summed E-state index contributed by atoms with van der Waals surface area (Å²) >= 11 is 0. The summed E-state index contributed by atoms with van der Waals surface area (Å²) in [4.78, 5) is 11.2. The molecule has 0 amide bonds. The fraction of sp³-hybridized carbons (Fsp3) is 0.750. The molecule has 0 saturated heterocycles. The van der Waals surface area contributed by atoms with Crippen LogP contribution in [0.25, 0.3) is 0 Å². The van der Waals surface area contributed by atoms with E-state index in [0.717, 1.165) is 24.5 Å². The molecule has 1 fully saturated rings. The Labute approximate surface area is 128 Å². The maximum atomic E-state index is 5.43. The summed E-state index contributed by atoms with van der Waals surface area (Å²) in [5, 5.41) is 3.48. The van der Waals surface area contributed by atoms with Crippen LogP contribution in [0.5, 0.6) is 5.88 Å². The van der Waals surface area contributed by atoms with Gasteiger partial charge in [0.15, 0.2) is 0 Å². The predicted molar refractivity (Wildman–Crippen MR) is 84.4 cm³/mol. The van der Waals surface area contributed by atoms with Crippen molar-refractivity contribution in [3.8, 4) is 5.88 Å². The average Bonchev–Trinajstić information content (AvgIpc) is 2.50. The van der Waals surface area contributed by atoms with E-state index >= 15 is 0 Å². The first-order chi connectivity index (χ1) is 10.0. The minimum absolute atomic E-state index is 0.0601. The molecule has 1 heterocycles. The first kappa shape index (κ1) is 16.2. The fourth-order valence-corrected chi connectivity index (χ4v) is 3.61. The van der Waals surface area contributed by atoms with Crippen LogP contribution in [0.3, 0.4) is 0 Å². The van der Waals surface area contributed by atoms with Crippen molar-refractivity contribution in [1.82, 2.24) is 20.2 Å². The summed E-state index contributed by atoms with van der Waals surface area (Å²) in [5.41, 5.74) is 0.968. The molecule has 0 aromatic carbocycles. The van der Waals surface area contributed by atoms with Crippen molar-refractivity contribution >= 4 is 0 Å². The number of likely N-dealkylation sites (N-methyl/N-ethyl adjacent to an activating group) is 2. The van der Waals surface area contributed by atoms with Crippen LogP contribution in [0.1, 0.15) is 44.3 Å². The molecule has 1 unspecified atom stereocenters. The second kappa shape index (κ2) is 6.71. The molecule has 118 valence electrons. The molecule has 21 heavy (non-hydrogen) atoms. The van der Waals surface area contributed by atoms with Crippen LogP contribution in [-0.2, 0) is 0 Å². The highest BCUT2D eigenvalue weighted by Crippen LogP contribution is 2.44. The summed E-state index contributed by atoms with van der Waals surface area (Å²) in [6, 6.07) is 0.114. The molecule has 1 N–H and O–H groups in total. The number of ether oxygens (including phenoxy) is 1. The number of hydrogen-bond acceptors (Lipinski definition) is 5. The topological polar surface area (TPSA) is 50.3 Å². The van der Waals surface area contributed by atoms with Gasteiger partial charge < -0.3 is 15.0 Å². The van der Waals surface area contributed by atoms with Gasteiger partial charge >= 0.3 is 0 Å². The molecule has 1 aromatic rings. The molecule has 1 saturated carbocycles. The van der Waals surface area contributed by atoms with Crippen molar-refractivity contribution in [1.29, 1.82) is 0 Å². The fourth-order valence-electron chi connectivity index (χ4n) is 3.61. The van der Waals surface area contributed by atoms with E-state index in [1.165, 1.54) is 12.8 Å². The minimum atomic E-state index is 0.0601. The molecule has 0 bridgehead atoms. The highest BCUT2D eigenvalue weighted by molar-refractivity contribution is 5.26. The normalized spacial score (nSPS) is 27.6. The van der Waals surface area contributed by atoms with Gasteiger partial charge in [0.25, 0.3) is 0 Å². The molecule has 5 nitrogen and oxygen atoms in total. The van der Waals surface area contributed by atoms with E-state index < -0.39 is 0 Å².